The van der Waals surface area contributed by atoms with Crippen LogP contribution in [0.1, 0.15) is 10.4 Å². The number of hydrogen-bond donors (Lipinski definition) is 0. The van der Waals surface area contributed by atoms with Crippen LogP contribution >= 0.6 is 11.6 Å². The molecule has 26 heavy (non-hydrogen) atoms. The van der Waals surface area contributed by atoms with Crippen molar-refractivity contribution in [2.75, 3.05) is 0 Å². The molecule has 0 N–H and O–H groups in total. The minimum atomic E-state index is -0.521. The highest BCUT2D eigenvalue weighted by atomic mass is 79.9. The number of benzene rings is 2. The maximum Gasteiger partial charge on any atom is 0.287 e. The average Bonchev–Trinajstić information content (AvgIpc) is 2.63. The third-order valence-electron chi connectivity index (χ3n) is 3.61. The summed E-state index contributed by atoms with van der Waals surface area (Å²) in [5.41, 5.74) is 1.87. The Labute approximate surface area is 165 Å². The second-order valence-corrected chi connectivity index (χ2v) is 5.79. The summed E-state index contributed by atoms with van der Waals surface area (Å²) in [6, 6.07) is 14.8. The lowest BCUT2D eigenvalue weighted by atomic mass is 10.1. The molecule has 3 rings (SSSR count). The van der Waals surface area contributed by atoms with E-state index in [2.05, 4.69) is 4.98 Å². The van der Waals surface area contributed by atoms with Crippen molar-refractivity contribution in [1.82, 2.24) is 4.98 Å². The number of ketones is 1. The molecule has 0 aliphatic carbocycles. The molecule has 1 aromatic heterocycles. The topological polar surface area (TPSA) is 77.0 Å². The van der Waals surface area contributed by atoms with E-state index in [1.165, 1.54) is 18.2 Å². The molecule has 8 heteroatoms. The van der Waals surface area contributed by atoms with Crippen molar-refractivity contribution < 1.29 is 31.3 Å². The monoisotopic (exact) mass is 433 g/mol. The highest BCUT2D eigenvalue weighted by molar-refractivity contribution is 6.30. The van der Waals surface area contributed by atoms with Crippen LogP contribution in [0.3, 0.4) is 0 Å². The maximum absolute atomic E-state index is 12.3. The summed E-state index contributed by atoms with van der Waals surface area (Å²) in [4.78, 5) is 26.9. The second-order valence-electron chi connectivity index (χ2n) is 5.36. The van der Waals surface area contributed by atoms with Gasteiger partial charge < -0.3 is 17.0 Å². The van der Waals surface area contributed by atoms with E-state index in [9.17, 15) is 14.9 Å². The highest BCUT2D eigenvalue weighted by Gasteiger charge is 2.14. The molecule has 0 amide bonds. The quantitative estimate of drug-likeness (QED) is 0.253. The summed E-state index contributed by atoms with van der Waals surface area (Å²) >= 11 is 5.87. The Morgan fingerprint density at radius 2 is 1.88 bits per heavy atom. The van der Waals surface area contributed by atoms with Crippen molar-refractivity contribution in [1.29, 1.82) is 0 Å². The van der Waals surface area contributed by atoms with Crippen LogP contribution < -0.4 is 21.5 Å². The lowest BCUT2D eigenvalue weighted by Crippen LogP contribution is -3.00. The first-order valence-corrected chi connectivity index (χ1v) is 7.79. The summed E-state index contributed by atoms with van der Waals surface area (Å²) in [5, 5.41) is 11.4. The van der Waals surface area contributed by atoms with Gasteiger partial charge in [-0.05, 0) is 29.2 Å². The first kappa shape index (κ1) is 19.7. The highest BCUT2D eigenvalue weighted by Crippen LogP contribution is 2.18. The van der Waals surface area contributed by atoms with E-state index in [-0.39, 0.29) is 35.0 Å². The third-order valence-corrected chi connectivity index (χ3v) is 3.87. The fraction of sp³-hybridized carbons (Fsp3) is 0.0556. The largest absolute Gasteiger partial charge is 1.00 e. The fourth-order valence-corrected chi connectivity index (χ4v) is 2.45. The number of nitro benzene ring substituents is 1. The number of rotatable bonds is 5. The Morgan fingerprint density at radius 3 is 2.50 bits per heavy atom. The predicted octanol–water partition coefficient (Wildman–Crippen LogP) is 0.485. The Morgan fingerprint density at radius 1 is 1.15 bits per heavy atom. The smallest absolute Gasteiger partial charge is 0.287 e. The van der Waals surface area contributed by atoms with Gasteiger partial charge in [-0.1, -0.05) is 23.7 Å². The van der Waals surface area contributed by atoms with Crippen LogP contribution in [-0.4, -0.2) is 15.7 Å². The fourth-order valence-electron chi connectivity index (χ4n) is 2.32. The predicted molar refractivity (Wildman–Crippen MR) is 92.3 cm³/mol. The van der Waals surface area contributed by atoms with Gasteiger partial charge in [0.05, 0.1) is 11.1 Å². The second kappa shape index (κ2) is 8.64. The van der Waals surface area contributed by atoms with Gasteiger partial charge in [0.1, 0.15) is 0 Å². The molecule has 3 aromatic rings. The van der Waals surface area contributed by atoms with E-state index in [0.717, 1.165) is 11.3 Å². The molecular formula is C18H13BrClN3O3. The van der Waals surface area contributed by atoms with E-state index < -0.39 is 4.92 Å². The summed E-state index contributed by atoms with van der Waals surface area (Å²) in [6.07, 6.45) is 3.30. The number of aromatic nitrogens is 2. The molecule has 1 heterocycles. The standard InChI is InChI=1S/C18H13ClN3O3.BrH/c19-15-6-4-13(5-7-15)17-8-9-21(12-20-17)11-18(23)14-2-1-3-16(10-14)22(24)25;/h1-10,12H,11H2;1H/q+1;/p-1. The Balaban J connectivity index is 0.00000243. The molecule has 0 unspecified atom stereocenters. The molecule has 6 nitrogen and oxygen atoms in total. The molecule has 0 radical (unpaired) electrons. The van der Waals surface area contributed by atoms with Gasteiger partial charge >= 0.3 is 0 Å². The van der Waals surface area contributed by atoms with E-state index in [0.29, 0.717) is 10.6 Å². The molecule has 2 aromatic carbocycles. The van der Waals surface area contributed by atoms with Crippen LogP contribution in [0.25, 0.3) is 11.3 Å². The molecule has 0 saturated carbocycles. The number of carbonyl (C=O) groups is 1. The van der Waals surface area contributed by atoms with Crippen molar-refractivity contribution in [2.45, 2.75) is 6.54 Å². The van der Waals surface area contributed by atoms with Crippen molar-refractivity contribution in [3.63, 3.8) is 0 Å². The van der Waals surface area contributed by atoms with Gasteiger partial charge in [0, 0.05) is 34.3 Å². The van der Waals surface area contributed by atoms with Crippen molar-refractivity contribution in [3.8, 4) is 11.3 Å². The maximum atomic E-state index is 12.3. The number of nitrogens with zero attached hydrogens (tertiary/aromatic N) is 3. The molecule has 0 atom stereocenters. The van der Waals surface area contributed by atoms with E-state index in [1.54, 1.807) is 41.4 Å². The van der Waals surface area contributed by atoms with Crippen molar-refractivity contribution in [2.24, 2.45) is 0 Å². The summed E-state index contributed by atoms with van der Waals surface area (Å²) in [7, 11) is 0. The van der Waals surface area contributed by atoms with E-state index in [1.807, 2.05) is 12.1 Å². The van der Waals surface area contributed by atoms with Crippen LogP contribution in [-0.2, 0) is 6.54 Å². The van der Waals surface area contributed by atoms with Gasteiger partial charge in [-0.2, -0.15) is 0 Å². The molecule has 0 aliphatic heterocycles. The minimum Gasteiger partial charge on any atom is -1.00 e. The van der Waals surface area contributed by atoms with E-state index >= 15 is 0 Å². The normalized spacial score (nSPS) is 10.0. The molecule has 132 valence electrons. The zero-order chi connectivity index (χ0) is 17.8. The Hall–Kier alpha value is -2.64. The van der Waals surface area contributed by atoms with Gasteiger partial charge in [-0.25, -0.2) is 4.57 Å². The van der Waals surface area contributed by atoms with Crippen molar-refractivity contribution >= 4 is 23.1 Å². The Kier molecular flexibility index (Phi) is 6.54. The number of halogens is 2. The minimum absolute atomic E-state index is 0. The van der Waals surface area contributed by atoms with Crippen LogP contribution in [0.2, 0.25) is 5.02 Å². The van der Waals surface area contributed by atoms with Crippen LogP contribution in [0.5, 0.6) is 0 Å². The summed E-state index contributed by atoms with van der Waals surface area (Å²) in [6.45, 7) is 0.0507. The molecule has 0 bridgehead atoms. The third kappa shape index (κ3) is 4.71. The van der Waals surface area contributed by atoms with Crippen molar-refractivity contribution in [3.05, 3.63) is 87.8 Å². The first-order chi connectivity index (χ1) is 12.0. The zero-order valence-corrected chi connectivity index (χ0v) is 15.7. The van der Waals surface area contributed by atoms with Gasteiger partial charge in [0.25, 0.3) is 12.0 Å². The molecule has 0 saturated heterocycles. The lowest BCUT2D eigenvalue weighted by Gasteiger charge is -2.01. The van der Waals surface area contributed by atoms with Gasteiger partial charge in [-0.15, -0.1) is 0 Å². The Bertz CT molecular complexity index is 931. The molecular weight excluding hydrogens is 422 g/mol. The zero-order valence-electron chi connectivity index (χ0n) is 13.4. The average molecular weight is 435 g/mol. The number of non-ortho nitro benzene ring substituents is 1. The molecule has 0 spiro atoms. The molecule has 0 fully saturated rings. The number of Topliss-reactive ketones (excluding diaryl/α,β-unsaturated/α-hetero) is 1. The summed E-state index contributed by atoms with van der Waals surface area (Å²) in [5.74, 6) is -0.227. The number of hydrogen-bond acceptors (Lipinski definition) is 4. The SMILES string of the molecule is O=C(C[n+]1ccc(-c2ccc(Cl)cc2)nc1)c1cccc([N+](=O)[O-])c1.[Br-]. The first-order valence-electron chi connectivity index (χ1n) is 7.41. The van der Waals surface area contributed by atoms with E-state index in [4.69, 9.17) is 11.6 Å². The lowest BCUT2D eigenvalue weighted by molar-refractivity contribution is -0.686. The van der Waals surface area contributed by atoms with Crippen LogP contribution in [0, 0.1) is 10.1 Å². The number of carbonyl (C=O) groups excluding carboxylic acids is 1. The number of nitro groups is 1. The van der Waals surface area contributed by atoms with Gasteiger partial charge in [-0.3, -0.25) is 14.9 Å². The van der Waals surface area contributed by atoms with Crippen LogP contribution in [0.15, 0.2) is 67.1 Å². The van der Waals surface area contributed by atoms with Crippen LogP contribution in [0.4, 0.5) is 5.69 Å². The molecule has 0 aliphatic rings. The van der Waals surface area contributed by atoms with Gasteiger partial charge in [0.15, 0.2) is 12.2 Å². The summed E-state index contributed by atoms with van der Waals surface area (Å²) < 4.78 is 1.63. The van der Waals surface area contributed by atoms with Gasteiger partial charge in [0.2, 0.25) is 5.78 Å².